The van der Waals surface area contributed by atoms with Gasteiger partial charge in [-0.2, -0.15) is 0 Å². The van der Waals surface area contributed by atoms with Crippen molar-refractivity contribution < 1.29 is 14.2 Å². The summed E-state index contributed by atoms with van der Waals surface area (Å²) in [4.78, 5) is 2.37. The summed E-state index contributed by atoms with van der Waals surface area (Å²) in [6.45, 7) is 12.3. The minimum atomic E-state index is 0.642. The summed E-state index contributed by atoms with van der Waals surface area (Å²) < 4.78 is 16.5. The van der Waals surface area contributed by atoms with Gasteiger partial charge in [-0.3, -0.25) is 4.90 Å². The highest BCUT2D eigenvalue weighted by atomic mass is 16.5. The lowest BCUT2D eigenvalue weighted by atomic mass is 10.3. The first-order valence-electron chi connectivity index (χ1n) is 8.50. The number of rotatable bonds is 17. The van der Waals surface area contributed by atoms with Crippen molar-refractivity contribution in [1.29, 1.82) is 0 Å². The highest BCUT2D eigenvalue weighted by Crippen LogP contribution is 1.94. The molecule has 5 heteroatoms. The first kappa shape index (κ1) is 20.8. The van der Waals surface area contributed by atoms with Crippen molar-refractivity contribution in [1.82, 2.24) is 4.90 Å². The Morgan fingerprint density at radius 3 is 1.81 bits per heavy atom. The van der Waals surface area contributed by atoms with Crippen LogP contribution in [0.3, 0.4) is 0 Å². The van der Waals surface area contributed by atoms with E-state index in [4.69, 9.17) is 19.9 Å². The molecule has 0 atom stereocenters. The summed E-state index contributed by atoms with van der Waals surface area (Å²) in [6.07, 6.45) is 4.74. The third-order valence-corrected chi connectivity index (χ3v) is 3.21. The third kappa shape index (κ3) is 16.0. The second-order valence-electron chi connectivity index (χ2n) is 5.17. The number of hydrogen-bond donors (Lipinski definition) is 1. The van der Waals surface area contributed by atoms with Gasteiger partial charge in [0.05, 0.1) is 33.0 Å². The van der Waals surface area contributed by atoms with Crippen LogP contribution >= 0.6 is 0 Å². The molecule has 0 aliphatic heterocycles. The van der Waals surface area contributed by atoms with Crippen molar-refractivity contribution in [2.75, 3.05) is 65.8 Å². The SMILES string of the molecule is CCCCOCCOCCOCCN(CCN)CCCC. The number of hydrogen-bond acceptors (Lipinski definition) is 5. The van der Waals surface area contributed by atoms with Crippen LogP contribution in [0.5, 0.6) is 0 Å². The predicted molar refractivity (Wildman–Crippen MR) is 87.8 cm³/mol. The van der Waals surface area contributed by atoms with Gasteiger partial charge in [0.15, 0.2) is 0 Å². The average molecular weight is 304 g/mol. The van der Waals surface area contributed by atoms with Crippen LogP contribution < -0.4 is 5.73 Å². The van der Waals surface area contributed by atoms with Gasteiger partial charge in [-0.15, -0.1) is 0 Å². The van der Waals surface area contributed by atoms with E-state index in [1.165, 1.54) is 19.3 Å². The van der Waals surface area contributed by atoms with E-state index >= 15 is 0 Å². The molecule has 0 heterocycles. The first-order valence-corrected chi connectivity index (χ1v) is 8.50. The third-order valence-electron chi connectivity index (χ3n) is 3.21. The lowest BCUT2D eigenvalue weighted by molar-refractivity contribution is 0.0102. The highest BCUT2D eigenvalue weighted by molar-refractivity contribution is 4.57. The van der Waals surface area contributed by atoms with Crippen molar-refractivity contribution >= 4 is 0 Å². The van der Waals surface area contributed by atoms with Crippen LogP contribution in [0.25, 0.3) is 0 Å². The maximum absolute atomic E-state index is 5.62. The Morgan fingerprint density at radius 2 is 1.24 bits per heavy atom. The summed E-state index contributed by atoms with van der Waals surface area (Å²) in [5, 5.41) is 0. The summed E-state index contributed by atoms with van der Waals surface area (Å²) in [5.41, 5.74) is 5.62. The summed E-state index contributed by atoms with van der Waals surface area (Å²) in [6, 6.07) is 0. The van der Waals surface area contributed by atoms with E-state index in [-0.39, 0.29) is 0 Å². The Morgan fingerprint density at radius 1 is 0.667 bits per heavy atom. The molecule has 0 rings (SSSR count). The maximum Gasteiger partial charge on any atom is 0.0701 e. The fourth-order valence-electron chi connectivity index (χ4n) is 1.88. The molecule has 0 amide bonds. The van der Waals surface area contributed by atoms with Gasteiger partial charge in [0.2, 0.25) is 0 Å². The molecule has 0 aromatic rings. The van der Waals surface area contributed by atoms with Crippen molar-refractivity contribution in [2.45, 2.75) is 39.5 Å². The molecule has 0 aromatic heterocycles. The Balaban J connectivity index is 3.25. The Hall–Kier alpha value is -0.200. The number of unbranched alkanes of at least 4 members (excludes halogenated alkanes) is 2. The van der Waals surface area contributed by atoms with Gasteiger partial charge in [0, 0.05) is 26.2 Å². The topological polar surface area (TPSA) is 57.0 Å². The number of nitrogens with two attached hydrogens (primary N) is 1. The van der Waals surface area contributed by atoms with Gasteiger partial charge in [-0.1, -0.05) is 26.7 Å². The molecule has 0 fully saturated rings. The van der Waals surface area contributed by atoms with Crippen molar-refractivity contribution in [3.05, 3.63) is 0 Å². The standard InChI is InChI=1S/C16H36N2O3/c1-3-5-8-18(9-7-17)10-12-20-14-16-21-15-13-19-11-6-4-2/h3-17H2,1-2H3. The maximum atomic E-state index is 5.62. The zero-order chi connectivity index (χ0) is 15.6. The summed E-state index contributed by atoms with van der Waals surface area (Å²) >= 11 is 0. The van der Waals surface area contributed by atoms with E-state index < -0.39 is 0 Å². The van der Waals surface area contributed by atoms with Gasteiger partial charge < -0.3 is 19.9 Å². The number of nitrogens with zero attached hydrogens (tertiary/aromatic N) is 1. The Bertz CT molecular complexity index is 194. The van der Waals surface area contributed by atoms with Crippen LogP contribution in [0.15, 0.2) is 0 Å². The lowest BCUT2D eigenvalue weighted by Crippen LogP contribution is -2.33. The van der Waals surface area contributed by atoms with Gasteiger partial charge >= 0.3 is 0 Å². The largest absolute Gasteiger partial charge is 0.379 e. The molecule has 0 radical (unpaired) electrons. The zero-order valence-corrected chi connectivity index (χ0v) is 14.1. The van der Waals surface area contributed by atoms with E-state index in [1.807, 2.05) is 0 Å². The molecule has 0 spiro atoms. The van der Waals surface area contributed by atoms with Crippen LogP contribution in [0.2, 0.25) is 0 Å². The first-order chi connectivity index (χ1) is 10.3. The van der Waals surface area contributed by atoms with E-state index in [0.717, 1.165) is 39.3 Å². The minimum absolute atomic E-state index is 0.642. The van der Waals surface area contributed by atoms with Crippen LogP contribution in [0, 0.1) is 0 Å². The molecular weight excluding hydrogens is 268 g/mol. The molecular formula is C16H36N2O3. The quantitative estimate of drug-likeness (QED) is 0.416. The van der Waals surface area contributed by atoms with Crippen LogP contribution in [0.1, 0.15) is 39.5 Å². The molecule has 5 nitrogen and oxygen atoms in total. The number of ether oxygens (including phenoxy) is 3. The Labute approximate surface area is 131 Å². The average Bonchev–Trinajstić information content (AvgIpc) is 2.50. The van der Waals surface area contributed by atoms with E-state index in [1.54, 1.807) is 0 Å². The predicted octanol–water partition coefficient (Wildman–Crippen LogP) is 1.90. The molecule has 0 aliphatic rings. The molecule has 0 bridgehead atoms. The van der Waals surface area contributed by atoms with Crippen LogP contribution in [-0.2, 0) is 14.2 Å². The van der Waals surface area contributed by atoms with Gasteiger partial charge in [0.25, 0.3) is 0 Å². The van der Waals surface area contributed by atoms with Gasteiger partial charge in [-0.25, -0.2) is 0 Å². The minimum Gasteiger partial charge on any atom is -0.379 e. The second-order valence-corrected chi connectivity index (χ2v) is 5.17. The van der Waals surface area contributed by atoms with Gasteiger partial charge in [0.1, 0.15) is 0 Å². The lowest BCUT2D eigenvalue weighted by Gasteiger charge is -2.21. The van der Waals surface area contributed by atoms with Crippen molar-refractivity contribution in [3.63, 3.8) is 0 Å². The van der Waals surface area contributed by atoms with Crippen molar-refractivity contribution in [3.8, 4) is 0 Å². The van der Waals surface area contributed by atoms with Crippen LogP contribution in [-0.4, -0.2) is 70.7 Å². The molecule has 0 aromatic carbocycles. The Kier molecular flexibility index (Phi) is 17.7. The summed E-state index contributed by atoms with van der Waals surface area (Å²) in [7, 11) is 0. The van der Waals surface area contributed by atoms with E-state index in [2.05, 4.69) is 18.7 Å². The van der Waals surface area contributed by atoms with E-state index in [0.29, 0.717) is 33.0 Å². The molecule has 0 saturated carbocycles. The molecule has 0 unspecified atom stereocenters. The smallest absolute Gasteiger partial charge is 0.0701 e. The van der Waals surface area contributed by atoms with Crippen LogP contribution in [0.4, 0.5) is 0 Å². The molecule has 0 aliphatic carbocycles. The van der Waals surface area contributed by atoms with Gasteiger partial charge in [-0.05, 0) is 19.4 Å². The normalized spacial score (nSPS) is 11.4. The molecule has 2 N–H and O–H groups in total. The monoisotopic (exact) mass is 304 g/mol. The molecule has 21 heavy (non-hydrogen) atoms. The summed E-state index contributed by atoms with van der Waals surface area (Å²) in [5.74, 6) is 0. The molecule has 128 valence electrons. The second kappa shape index (κ2) is 17.9. The van der Waals surface area contributed by atoms with E-state index in [9.17, 15) is 0 Å². The fourth-order valence-corrected chi connectivity index (χ4v) is 1.88. The zero-order valence-electron chi connectivity index (χ0n) is 14.1. The fraction of sp³-hybridized carbons (Fsp3) is 1.00. The highest BCUT2D eigenvalue weighted by Gasteiger charge is 2.02. The molecule has 0 saturated heterocycles. The van der Waals surface area contributed by atoms with Crippen molar-refractivity contribution in [2.24, 2.45) is 5.73 Å².